The molecule has 1 aliphatic rings. The van der Waals surface area contributed by atoms with E-state index in [1.54, 1.807) is 13.2 Å². The van der Waals surface area contributed by atoms with E-state index in [-0.39, 0.29) is 5.75 Å². The molecule has 0 saturated heterocycles. The molecule has 0 amide bonds. The zero-order valence-corrected chi connectivity index (χ0v) is 12.7. The topological polar surface area (TPSA) is 41.5 Å². The minimum Gasteiger partial charge on any atom is -0.504 e. The molecule has 0 unspecified atom stereocenters. The molecule has 1 aromatic rings. The summed E-state index contributed by atoms with van der Waals surface area (Å²) in [6, 6.07) is 5.54. The van der Waals surface area contributed by atoms with Gasteiger partial charge in [0, 0.05) is 6.54 Å². The van der Waals surface area contributed by atoms with E-state index in [9.17, 15) is 5.11 Å². The predicted octanol–water partition coefficient (Wildman–Crippen LogP) is 3.71. The lowest BCUT2D eigenvalue weighted by Gasteiger charge is -2.27. The van der Waals surface area contributed by atoms with Crippen LogP contribution in [0, 0.1) is 11.8 Å². The predicted molar refractivity (Wildman–Crippen MR) is 82.1 cm³/mol. The molecular formula is C17H27NO2. The molecule has 2 rings (SSSR count). The van der Waals surface area contributed by atoms with E-state index in [0.717, 1.165) is 30.5 Å². The van der Waals surface area contributed by atoms with Crippen LogP contribution >= 0.6 is 0 Å². The van der Waals surface area contributed by atoms with Crippen molar-refractivity contribution in [2.24, 2.45) is 11.8 Å². The number of hydrogen-bond acceptors (Lipinski definition) is 3. The summed E-state index contributed by atoms with van der Waals surface area (Å²) in [5.74, 6) is 2.55. The van der Waals surface area contributed by atoms with Crippen molar-refractivity contribution in [2.45, 2.75) is 45.6 Å². The molecule has 0 heterocycles. The molecule has 0 bridgehead atoms. The van der Waals surface area contributed by atoms with Crippen LogP contribution in [-0.2, 0) is 6.54 Å². The van der Waals surface area contributed by atoms with E-state index in [0.29, 0.717) is 5.75 Å². The van der Waals surface area contributed by atoms with Gasteiger partial charge in [0.05, 0.1) is 7.11 Å². The van der Waals surface area contributed by atoms with Crippen LogP contribution in [0.4, 0.5) is 0 Å². The molecule has 112 valence electrons. The van der Waals surface area contributed by atoms with Crippen molar-refractivity contribution in [3.05, 3.63) is 23.8 Å². The third kappa shape index (κ3) is 4.14. The average molecular weight is 277 g/mol. The quantitative estimate of drug-likeness (QED) is 0.833. The van der Waals surface area contributed by atoms with Gasteiger partial charge in [-0.3, -0.25) is 0 Å². The molecule has 0 radical (unpaired) electrons. The summed E-state index contributed by atoms with van der Waals surface area (Å²) in [6.07, 6.45) is 6.87. The van der Waals surface area contributed by atoms with Gasteiger partial charge in [0.25, 0.3) is 0 Å². The molecule has 3 heteroatoms. The second-order valence-electron chi connectivity index (χ2n) is 5.93. The number of methoxy groups -OCH3 is 1. The smallest absolute Gasteiger partial charge is 0.160 e. The van der Waals surface area contributed by atoms with E-state index in [2.05, 4.69) is 12.2 Å². The molecule has 1 aromatic carbocycles. The number of nitrogens with one attached hydrogen (secondary N) is 1. The molecular weight excluding hydrogens is 250 g/mol. The summed E-state index contributed by atoms with van der Waals surface area (Å²) in [5.41, 5.74) is 1.15. The van der Waals surface area contributed by atoms with Crippen LogP contribution in [0.5, 0.6) is 11.5 Å². The number of phenols is 1. The first-order valence-corrected chi connectivity index (χ1v) is 7.79. The highest BCUT2D eigenvalue weighted by Crippen LogP contribution is 2.30. The Morgan fingerprint density at radius 1 is 1.20 bits per heavy atom. The number of aromatic hydroxyl groups is 1. The van der Waals surface area contributed by atoms with Gasteiger partial charge >= 0.3 is 0 Å². The van der Waals surface area contributed by atoms with Crippen molar-refractivity contribution >= 4 is 0 Å². The highest BCUT2D eigenvalue weighted by Gasteiger charge is 2.19. The van der Waals surface area contributed by atoms with Gasteiger partial charge < -0.3 is 15.2 Å². The van der Waals surface area contributed by atoms with Crippen molar-refractivity contribution < 1.29 is 9.84 Å². The van der Waals surface area contributed by atoms with Crippen molar-refractivity contribution in [3.8, 4) is 11.5 Å². The summed E-state index contributed by atoms with van der Waals surface area (Å²) in [6.45, 7) is 4.24. The Balaban J connectivity index is 1.73. The maximum absolute atomic E-state index is 9.57. The Morgan fingerprint density at radius 2 is 1.90 bits per heavy atom. The lowest BCUT2D eigenvalue weighted by atomic mass is 9.81. The molecule has 1 saturated carbocycles. The lowest BCUT2D eigenvalue weighted by Crippen LogP contribution is -2.26. The number of hydrogen-bond donors (Lipinski definition) is 2. The number of rotatable bonds is 6. The van der Waals surface area contributed by atoms with Crippen molar-refractivity contribution in [1.82, 2.24) is 5.32 Å². The van der Waals surface area contributed by atoms with E-state index < -0.39 is 0 Å². The maximum atomic E-state index is 9.57. The van der Waals surface area contributed by atoms with Gasteiger partial charge in [0.2, 0.25) is 0 Å². The standard InChI is InChI=1S/C17H27NO2/c1-3-13-4-6-14(7-5-13)11-18-12-15-8-9-16(19)17(10-15)20-2/h8-10,13-14,18-19H,3-7,11-12H2,1-2H3. The van der Waals surface area contributed by atoms with Gasteiger partial charge in [0.15, 0.2) is 11.5 Å². The third-order valence-corrected chi connectivity index (χ3v) is 4.55. The fourth-order valence-electron chi connectivity index (χ4n) is 3.10. The Labute approximate surface area is 122 Å². The second-order valence-corrected chi connectivity index (χ2v) is 5.93. The first-order valence-electron chi connectivity index (χ1n) is 7.79. The summed E-state index contributed by atoms with van der Waals surface area (Å²) >= 11 is 0. The Bertz CT molecular complexity index is 411. The molecule has 1 fully saturated rings. The third-order valence-electron chi connectivity index (χ3n) is 4.55. The van der Waals surface area contributed by atoms with Crippen LogP contribution in [0.25, 0.3) is 0 Å². The zero-order valence-electron chi connectivity index (χ0n) is 12.7. The highest BCUT2D eigenvalue weighted by molar-refractivity contribution is 5.41. The largest absolute Gasteiger partial charge is 0.504 e. The SMILES string of the molecule is CCC1CCC(CNCc2ccc(O)c(OC)c2)CC1. The molecule has 0 spiro atoms. The van der Waals surface area contributed by atoms with Gasteiger partial charge in [0.1, 0.15) is 0 Å². The molecule has 20 heavy (non-hydrogen) atoms. The van der Waals surface area contributed by atoms with E-state index in [1.807, 2.05) is 12.1 Å². The fourth-order valence-corrected chi connectivity index (χ4v) is 3.10. The maximum Gasteiger partial charge on any atom is 0.160 e. The van der Waals surface area contributed by atoms with Gasteiger partial charge in [-0.1, -0.05) is 32.3 Å². The van der Waals surface area contributed by atoms with E-state index in [4.69, 9.17) is 4.74 Å². The van der Waals surface area contributed by atoms with Crippen molar-refractivity contribution in [3.63, 3.8) is 0 Å². The number of phenolic OH excluding ortho intramolecular Hbond substituents is 1. The fraction of sp³-hybridized carbons (Fsp3) is 0.647. The monoisotopic (exact) mass is 277 g/mol. The first kappa shape index (κ1) is 15.2. The zero-order chi connectivity index (χ0) is 14.4. The molecule has 0 aromatic heterocycles. The van der Waals surface area contributed by atoms with E-state index >= 15 is 0 Å². The van der Waals surface area contributed by atoms with E-state index in [1.165, 1.54) is 32.1 Å². The Morgan fingerprint density at radius 3 is 2.55 bits per heavy atom. The minimum absolute atomic E-state index is 0.203. The Kier molecular flexibility index (Phi) is 5.72. The van der Waals surface area contributed by atoms with Crippen LogP contribution in [0.2, 0.25) is 0 Å². The van der Waals surface area contributed by atoms with Crippen LogP contribution in [0.3, 0.4) is 0 Å². The number of ether oxygens (including phenoxy) is 1. The number of benzene rings is 1. The molecule has 3 nitrogen and oxygen atoms in total. The molecule has 1 aliphatic carbocycles. The average Bonchev–Trinajstić information content (AvgIpc) is 2.49. The lowest BCUT2D eigenvalue weighted by molar-refractivity contribution is 0.262. The first-order chi connectivity index (χ1) is 9.72. The molecule has 0 aliphatic heterocycles. The van der Waals surface area contributed by atoms with Crippen LogP contribution in [-0.4, -0.2) is 18.8 Å². The normalized spacial score (nSPS) is 22.7. The molecule has 2 N–H and O–H groups in total. The van der Waals surface area contributed by atoms with Crippen molar-refractivity contribution in [2.75, 3.05) is 13.7 Å². The van der Waals surface area contributed by atoms with Gasteiger partial charge in [-0.05, 0) is 48.9 Å². The molecule has 0 atom stereocenters. The summed E-state index contributed by atoms with van der Waals surface area (Å²) in [5, 5.41) is 13.1. The summed E-state index contributed by atoms with van der Waals surface area (Å²) in [7, 11) is 1.58. The van der Waals surface area contributed by atoms with Crippen LogP contribution in [0.15, 0.2) is 18.2 Å². The van der Waals surface area contributed by atoms with Crippen LogP contribution < -0.4 is 10.1 Å². The van der Waals surface area contributed by atoms with Crippen LogP contribution in [0.1, 0.15) is 44.6 Å². The highest BCUT2D eigenvalue weighted by atomic mass is 16.5. The van der Waals surface area contributed by atoms with Gasteiger partial charge in [-0.25, -0.2) is 0 Å². The van der Waals surface area contributed by atoms with Crippen molar-refractivity contribution in [1.29, 1.82) is 0 Å². The minimum atomic E-state index is 0.203. The van der Waals surface area contributed by atoms with Gasteiger partial charge in [-0.2, -0.15) is 0 Å². The Hall–Kier alpha value is -1.22. The van der Waals surface area contributed by atoms with Gasteiger partial charge in [-0.15, -0.1) is 0 Å². The summed E-state index contributed by atoms with van der Waals surface area (Å²) in [4.78, 5) is 0. The summed E-state index contributed by atoms with van der Waals surface area (Å²) < 4.78 is 5.13. The second kappa shape index (κ2) is 7.53.